The molecule has 1 heteroatoms. The van der Waals surface area contributed by atoms with Crippen LogP contribution >= 0.6 is 0 Å². The SMILES string of the molecule is C=CC(C)(O)CC/C=C(\C)CC/C=C(\C)CC/C=C(\C)CC/C=C(\C)CC/C=C(\C)CC/C=C(\C)CC/C=C(\C)CC/C=C(\C)CC/C=C(\C)CCC=C(C)C. The second kappa shape index (κ2) is 33.1. The Kier molecular flexibility index (Phi) is 31.4. The fraction of sp³-hybridized carbons (Fsp3) is 0.600. The Bertz CT molecular complexity index is 1410. The Labute approximate surface area is 350 Å². The van der Waals surface area contributed by atoms with Crippen LogP contribution in [0, 0.1) is 0 Å². The summed E-state index contributed by atoms with van der Waals surface area (Å²) in [6.45, 7) is 30.4. The monoisotopic (exact) mass is 767 g/mol. The summed E-state index contributed by atoms with van der Waals surface area (Å²) in [6, 6.07) is 0. The maximum Gasteiger partial charge on any atom is 0.0800 e. The summed E-state index contributed by atoms with van der Waals surface area (Å²) >= 11 is 0. The van der Waals surface area contributed by atoms with Gasteiger partial charge in [0, 0.05) is 0 Å². The van der Waals surface area contributed by atoms with E-state index in [0.717, 1.165) is 77.0 Å². The van der Waals surface area contributed by atoms with Gasteiger partial charge in [-0.25, -0.2) is 0 Å². The first-order chi connectivity index (χ1) is 26.5. The molecule has 1 nitrogen and oxygen atoms in total. The van der Waals surface area contributed by atoms with Gasteiger partial charge in [-0.2, -0.15) is 0 Å². The van der Waals surface area contributed by atoms with Crippen molar-refractivity contribution >= 4 is 0 Å². The van der Waals surface area contributed by atoms with Crippen LogP contribution in [0.3, 0.4) is 0 Å². The van der Waals surface area contributed by atoms with Crippen molar-refractivity contribution in [2.75, 3.05) is 0 Å². The zero-order chi connectivity index (χ0) is 42.2. The van der Waals surface area contributed by atoms with Crippen LogP contribution < -0.4 is 0 Å². The first kappa shape index (κ1) is 53.1. The first-order valence-corrected chi connectivity index (χ1v) is 22.4. The molecule has 0 saturated heterocycles. The molecule has 0 fully saturated rings. The average Bonchev–Trinajstić information content (AvgIpc) is 3.11. The predicted octanol–water partition coefficient (Wildman–Crippen LogP) is 18.2. The molecule has 1 atom stereocenters. The van der Waals surface area contributed by atoms with Crippen molar-refractivity contribution in [3.63, 3.8) is 0 Å². The number of aliphatic hydroxyl groups is 1. The molecule has 0 rings (SSSR count). The van der Waals surface area contributed by atoms with Crippen LogP contribution in [-0.2, 0) is 0 Å². The van der Waals surface area contributed by atoms with Gasteiger partial charge in [0.25, 0.3) is 0 Å². The molecule has 0 heterocycles. The van der Waals surface area contributed by atoms with Crippen LogP contribution in [0.2, 0.25) is 0 Å². The second-order valence-corrected chi connectivity index (χ2v) is 17.7. The van der Waals surface area contributed by atoms with Crippen molar-refractivity contribution in [3.05, 3.63) is 129 Å². The van der Waals surface area contributed by atoms with Crippen molar-refractivity contribution in [1.29, 1.82) is 0 Å². The lowest BCUT2D eigenvalue weighted by molar-refractivity contribution is 0.103. The van der Waals surface area contributed by atoms with Gasteiger partial charge in [0.15, 0.2) is 0 Å². The summed E-state index contributed by atoms with van der Waals surface area (Å²) in [5.41, 5.74) is 14.2. The minimum absolute atomic E-state index is 0.730. The third kappa shape index (κ3) is 34.4. The summed E-state index contributed by atoms with van der Waals surface area (Å²) in [7, 11) is 0. The van der Waals surface area contributed by atoms with E-state index in [1.165, 1.54) is 107 Å². The van der Waals surface area contributed by atoms with Gasteiger partial charge in [0.2, 0.25) is 0 Å². The van der Waals surface area contributed by atoms with Gasteiger partial charge in [-0.1, -0.05) is 123 Å². The van der Waals surface area contributed by atoms with Crippen LogP contribution in [0.15, 0.2) is 129 Å². The zero-order valence-electron chi connectivity index (χ0n) is 39.1. The minimum atomic E-state index is -0.762. The topological polar surface area (TPSA) is 20.2 Å². The molecule has 0 amide bonds. The molecule has 0 spiro atoms. The van der Waals surface area contributed by atoms with E-state index in [1.54, 1.807) is 6.08 Å². The van der Waals surface area contributed by atoms with Crippen molar-refractivity contribution in [2.24, 2.45) is 0 Å². The lowest BCUT2D eigenvalue weighted by Gasteiger charge is -2.16. The molecule has 0 aromatic carbocycles. The van der Waals surface area contributed by atoms with E-state index in [4.69, 9.17) is 0 Å². The fourth-order valence-electron chi connectivity index (χ4n) is 6.59. The molecule has 0 saturated carbocycles. The zero-order valence-corrected chi connectivity index (χ0v) is 39.1. The normalized spacial score (nSPS) is 15.7. The number of rotatable bonds is 31. The van der Waals surface area contributed by atoms with E-state index in [2.05, 4.69) is 144 Å². The average molecular weight is 767 g/mol. The van der Waals surface area contributed by atoms with Gasteiger partial charge in [0.1, 0.15) is 0 Å². The van der Waals surface area contributed by atoms with Crippen molar-refractivity contribution in [1.82, 2.24) is 0 Å². The third-order valence-electron chi connectivity index (χ3n) is 10.9. The van der Waals surface area contributed by atoms with Gasteiger partial charge >= 0.3 is 0 Å². The molecule has 0 bridgehead atoms. The summed E-state index contributed by atoms with van der Waals surface area (Å²) in [5, 5.41) is 10.1. The molecule has 0 aromatic rings. The lowest BCUT2D eigenvalue weighted by Crippen LogP contribution is -2.19. The maximum absolute atomic E-state index is 10.1. The largest absolute Gasteiger partial charge is 0.386 e. The van der Waals surface area contributed by atoms with Crippen LogP contribution in [0.5, 0.6) is 0 Å². The molecular weight excluding hydrogens is 677 g/mol. The molecule has 1 N–H and O–H groups in total. The van der Waals surface area contributed by atoms with Gasteiger partial charge in [-0.3, -0.25) is 0 Å². The Balaban J connectivity index is 4.27. The first-order valence-electron chi connectivity index (χ1n) is 22.4. The summed E-state index contributed by atoms with van der Waals surface area (Å²) in [6.07, 6.45) is 48.2. The molecule has 0 aromatic heterocycles. The number of allylic oxidation sites excluding steroid dienone is 20. The molecule has 316 valence electrons. The highest BCUT2D eigenvalue weighted by Crippen LogP contribution is 2.19. The smallest absolute Gasteiger partial charge is 0.0800 e. The molecular formula is C55H90O. The molecule has 56 heavy (non-hydrogen) atoms. The Hall–Kier alpha value is -2.90. The highest BCUT2D eigenvalue weighted by atomic mass is 16.3. The van der Waals surface area contributed by atoms with E-state index >= 15 is 0 Å². The van der Waals surface area contributed by atoms with Crippen molar-refractivity contribution in [2.45, 2.75) is 217 Å². The van der Waals surface area contributed by atoms with E-state index in [-0.39, 0.29) is 0 Å². The number of hydrogen-bond acceptors (Lipinski definition) is 1. The highest BCUT2D eigenvalue weighted by Gasteiger charge is 2.13. The third-order valence-corrected chi connectivity index (χ3v) is 10.9. The highest BCUT2D eigenvalue weighted by molar-refractivity contribution is 5.11. The fourth-order valence-corrected chi connectivity index (χ4v) is 6.59. The van der Waals surface area contributed by atoms with Gasteiger partial charge in [-0.05, 0) is 212 Å². The van der Waals surface area contributed by atoms with Gasteiger partial charge in [0.05, 0.1) is 5.60 Å². The predicted molar refractivity (Wildman–Crippen MR) is 256 cm³/mol. The lowest BCUT2D eigenvalue weighted by atomic mass is 9.99. The minimum Gasteiger partial charge on any atom is -0.386 e. The molecule has 0 aliphatic heterocycles. The van der Waals surface area contributed by atoms with Crippen molar-refractivity contribution in [3.8, 4) is 0 Å². The van der Waals surface area contributed by atoms with Crippen LogP contribution in [-0.4, -0.2) is 10.7 Å². The van der Waals surface area contributed by atoms with Crippen LogP contribution in [0.4, 0.5) is 0 Å². The standard InChI is InChI=1S/C55H90O/c1-14-55(13,56)44-24-43-54(12)42-23-41-53(11)40-22-39-52(10)38-21-37-51(9)36-20-35-50(8)34-19-33-49(7)32-18-31-48(6)30-17-29-47(5)28-16-27-46(4)26-15-25-45(2)3/h14,25,27,29,31,33,35,37,39,41,43,56H,1,15-24,26,28,30,32,34,36,38,40,42,44H2,2-13H3/b46-27+,47-29+,48-31+,49-33+,50-35+,51-37+,52-39+,53-41+,54-43+. The molecule has 1 unspecified atom stereocenters. The van der Waals surface area contributed by atoms with Gasteiger partial charge in [-0.15, -0.1) is 6.58 Å². The summed E-state index contributed by atoms with van der Waals surface area (Å²) < 4.78 is 0. The van der Waals surface area contributed by atoms with E-state index < -0.39 is 5.60 Å². The molecule has 0 aliphatic rings. The van der Waals surface area contributed by atoms with E-state index in [9.17, 15) is 5.11 Å². The Morgan fingerprint density at radius 2 is 0.518 bits per heavy atom. The quantitative estimate of drug-likeness (QED) is 0.0697. The van der Waals surface area contributed by atoms with Gasteiger partial charge < -0.3 is 5.11 Å². The van der Waals surface area contributed by atoms with Crippen LogP contribution in [0.25, 0.3) is 0 Å². The molecule has 0 aliphatic carbocycles. The van der Waals surface area contributed by atoms with Crippen molar-refractivity contribution < 1.29 is 5.11 Å². The second-order valence-electron chi connectivity index (χ2n) is 17.7. The van der Waals surface area contributed by atoms with E-state index in [1.807, 2.05) is 6.92 Å². The number of hydrogen-bond donors (Lipinski definition) is 1. The Morgan fingerprint density at radius 3 is 0.696 bits per heavy atom. The van der Waals surface area contributed by atoms with E-state index in [0.29, 0.717) is 0 Å². The van der Waals surface area contributed by atoms with Crippen LogP contribution in [0.1, 0.15) is 212 Å². The maximum atomic E-state index is 10.1. The summed E-state index contributed by atoms with van der Waals surface area (Å²) in [5.74, 6) is 0. The Morgan fingerprint density at radius 1 is 0.339 bits per heavy atom. The molecule has 0 radical (unpaired) electrons. The summed E-state index contributed by atoms with van der Waals surface area (Å²) in [4.78, 5) is 0.